The molecule has 0 bridgehead atoms. The highest BCUT2D eigenvalue weighted by Crippen LogP contribution is 2.09. The van der Waals surface area contributed by atoms with Gasteiger partial charge in [-0.1, -0.05) is 0 Å². The Morgan fingerprint density at radius 3 is 2.50 bits per heavy atom. The molecule has 0 aromatic rings. The van der Waals surface area contributed by atoms with Gasteiger partial charge in [0.15, 0.2) is 0 Å². The largest absolute Gasteiger partial charge is 0.369 e. The Bertz CT molecular complexity index is 273. The second kappa shape index (κ2) is 8.08. The van der Waals surface area contributed by atoms with Gasteiger partial charge in [0.2, 0.25) is 11.8 Å². The summed E-state index contributed by atoms with van der Waals surface area (Å²) < 4.78 is 5.17. The van der Waals surface area contributed by atoms with Crippen molar-refractivity contribution < 1.29 is 14.3 Å². The standard InChI is InChI=1S/C13H24N2O3/c1-11(2)18-10-12(16)14-7-6-13(17)15-8-4-3-5-9-15/h11H,3-10H2,1-2H3,(H,14,16). The maximum Gasteiger partial charge on any atom is 0.246 e. The van der Waals surface area contributed by atoms with Gasteiger partial charge in [-0.05, 0) is 33.1 Å². The smallest absolute Gasteiger partial charge is 0.246 e. The Hall–Kier alpha value is -1.10. The summed E-state index contributed by atoms with van der Waals surface area (Å²) in [5.41, 5.74) is 0. The molecule has 1 saturated heterocycles. The molecule has 0 spiro atoms. The first kappa shape index (κ1) is 15.0. The van der Waals surface area contributed by atoms with Crippen LogP contribution in [0.4, 0.5) is 0 Å². The average molecular weight is 256 g/mol. The van der Waals surface area contributed by atoms with Gasteiger partial charge < -0.3 is 15.0 Å². The van der Waals surface area contributed by atoms with Crippen LogP contribution in [0.25, 0.3) is 0 Å². The van der Waals surface area contributed by atoms with Crippen LogP contribution in [0.3, 0.4) is 0 Å². The zero-order chi connectivity index (χ0) is 13.4. The lowest BCUT2D eigenvalue weighted by Crippen LogP contribution is -2.38. The molecule has 5 nitrogen and oxygen atoms in total. The Balaban J connectivity index is 2.09. The lowest BCUT2D eigenvalue weighted by molar-refractivity contribution is -0.132. The highest BCUT2D eigenvalue weighted by Gasteiger charge is 2.16. The van der Waals surface area contributed by atoms with Crippen LogP contribution in [0.15, 0.2) is 0 Å². The van der Waals surface area contributed by atoms with E-state index in [9.17, 15) is 9.59 Å². The zero-order valence-corrected chi connectivity index (χ0v) is 11.4. The summed E-state index contributed by atoms with van der Waals surface area (Å²) in [6.45, 7) is 5.96. The summed E-state index contributed by atoms with van der Waals surface area (Å²) in [6.07, 6.45) is 3.84. The van der Waals surface area contributed by atoms with Gasteiger partial charge in [0, 0.05) is 26.1 Å². The fourth-order valence-electron chi connectivity index (χ4n) is 1.90. The van der Waals surface area contributed by atoms with E-state index in [0.29, 0.717) is 13.0 Å². The van der Waals surface area contributed by atoms with Crippen molar-refractivity contribution >= 4 is 11.8 Å². The average Bonchev–Trinajstić information content (AvgIpc) is 2.37. The summed E-state index contributed by atoms with van der Waals surface area (Å²) in [4.78, 5) is 25.0. The second-order valence-corrected chi connectivity index (χ2v) is 4.90. The molecule has 2 amide bonds. The molecule has 0 unspecified atom stereocenters. The van der Waals surface area contributed by atoms with E-state index in [1.807, 2.05) is 18.7 Å². The third-order valence-electron chi connectivity index (χ3n) is 2.92. The zero-order valence-electron chi connectivity index (χ0n) is 11.4. The van der Waals surface area contributed by atoms with Crippen molar-refractivity contribution in [1.82, 2.24) is 10.2 Å². The third-order valence-corrected chi connectivity index (χ3v) is 2.92. The number of amides is 2. The van der Waals surface area contributed by atoms with E-state index >= 15 is 0 Å². The molecule has 104 valence electrons. The molecular formula is C13H24N2O3. The van der Waals surface area contributed by atoms with Gasteiger partial charge >= 0.3 is 0 Å². The summed E-state index contributed by atoms with van der Waals surface area (Å²) in [5.74, 6) is -0.0186. The van der Waals surface area contributed by atoms with Crippen LogP contribution in [-0.2, 0) is 14.3 Å². The monoisotopic (exact) mass is 256 g/mol. The molecule has 1 aliphatic rings. The Labute approximate surface area is 109 Å². The molecule has 0 saturated carbocycles. The van der Waals surface area contributed by atoms with Gasteiger partial charge in [0.25, 0.3) is 0 Å². The molecule has 18 heavy (non-hydrogen) atoms. The number of carbonyl (C=O) groups excluding carboxylic acids is 2. The lowest BCUT2D eigenvalue weighted by Gasteiger charge is -2.26. The van der Waals surface area contributed by atoms with Crippen LogP contribution in [0.1, 0.15) is 39.5 Å². The molecule has 0 aromatic carbocycles. The van der Waals surface area contributed by atoms with Gasteiger partial charge in [-0.15, -0.1) is 0 Å². The number of carbonyl (C=O) groups is 2. The number of ether oxygens (including phenoxy) is 1. The van der Waals surface area contributed by atoms with Crippen LogP contribution in [-0.4, -0.2) is 49.1 Å². The molecule has 1 fully saturated rings. The van der Waals surface area contributed by atoms with Crippen molar-refractivity contribution in [2.24, 2.45) is 0 Å². The number of nitrogens with zero attached hydrogens (tertiary/aromatic N) is 1. The molecule has 5 heteroatoms. The maximum absolute atomic E-state index is 11.8. The van der Waals surface area contributed by atoms with Gasteiger partial charge in [-0.25, -0.2) is 0 Å². The van der Waals surface area contributed by atoms with Crippen molar-refractivity contribution in [2.75, 3.05) is 26.2 Å². The molecule has 0 radical (unpaired) electrons. The highest BCUT2D eigenvalue weighted by molar-refractivity contribution is 5.79. The van der Waals surface area contributed by atoms with Gasteiger partial charge in [-0.3, -0.25) is 9.59 Å². The van der Waals surface area contributed by atoms with Gasteiger partial charge in [0.05, 0.1) is 6.10 Å². The SMILES string of the molecule is CC(C)OCC(=O)NCCC(=O)N1CCCCC1. The molecule has 0 atom stereocenters. The maximum atomic E-state index is 11.8. The minimum Gasteiger partial charge on any atom is -0.369 e. The number of nitrogens with one attached hydrogen (secondary N) is 1. The van der Waals surface area contributed by atoms with Gasteiger partial charge in [-0.2, -0.15) is 0 Å². The minimum atomic E-state index is -0.157. The lowest BCUT2D eigenvalue weighted by atomic mass is 10.1. The normalized spacial score (nSPS) is 15.8. The van der Waals surface area contributed by atoms with E-state index in [1.165, 1.54) is 6.42 Å². The molecule has 0 aliphatic carbocycles. The predicted molar refractivity (Wildman–Crippen MR) is 69.1 cm³/mol. The minimum absolute atomic E-state index is 0.0470. The van der Waals surface area contributed by atoms with Crippen molar-refractivity contribution in [3.63, 3.8) is 0 Å². The van der Waals surface area contributed by atoms with Crippen molar-refractivity contribution in [1.29, 1.82) is 0 Å². The molecule has 1 rings (SSSR count). The number of likely N-dealkylation sites (tertiary alicyclic amines) is 1. The number of hydrogen-bond donors (Lipinski definition) is 1. The van der Waals surface area contributed by atoms with E-state index in [1.54, 1.807) is 0 Å². The van der Waals surface area contributed by atoms with E-state index in [-0.39, 0.29) is 24.5 Å². The van der Waals surface area contributed by atoms with Gasteiger partial charge in [0.1, 0.15) is 6.61 Å². The third kappa shape index (κ3) is 6.00. The first-order valence-electron chi connectivity index (χ1n) is 6.75. The fraction of sp³-hybridized carbons (Fsp3) is 0.846. The molecule has 1 aliphatic heterocycles. The number of piperidine rings is 1. The van der Waals surface area contributed by atoms with Crippen molar-refractivity contribution in [2.45, 2.75) is 45.6 Å². The molecule has 1 N–H and O–H groups in total. The topological polar surface area (TPSA) is 58.6 Å². The molecular weight excluding hydrogens is 232 g/mol. The highest BCUT2D eigenvalue weighted by atomic mass is 16.5. The summed E-state index contributed by atoms with van der Waals surface area (Å²) in [6, 6.07) is 0. The van der Waals surface area contributed by atoms with Crippen LogP contribution in [0, 0.1) is 0 Å². The van der Waals surface area contributed by atoms with E-state index in [0.717, 1.165) is 25.9 Å². The first-order chi connectivity index (χ1) is 8.59. The predicted octanol–water partition coefficient (Wildman–Crippen LogP) is 0.930. The molecule has 1 heterocycles. The fourth-order valence-corrected chi connectivity index (χ4v) is 1.90. The summed E-state index contributed by atoms with van der Waals surface area (Å²) in [5, 5.41) is 2.70. The van der Waals surface area contributed by atoms with Crippen LogP contribution >= 0.6 is 0 Å². The second-order valence-electron chi connectivity index (χ2n) is 4.90. The van der Waals surface area contributed by atoms with Crippen LogP contribution in [0.5, 0.6) is 0 Å². The summed E-state index contributed by atoms with van der Waals surface area (Å²) >= 11 is 0. The Morgan fingerprint density at radius 2 is 1.89 bits per heavy atom. The van der Waals surface area contributed by atoms with E-state index in [4.69, 9.17) is 4.74 Å². The first-order valence-corrected chi connectivity index (χ1v) is 6.75. The molecule has 0 aromatic heterocycles. The van der Waals surface area contributed by atoms with Crippen molar-refractivity contribution in [3.8, 4) is 0 Å². The van der Waals surface area contributed by atoms with E-state index < -0.39 is 0 Å². The van der Waals surface area contributed by atoms with E-state index in [2.05, 4.69) is 5.32 Å². The Morgan fingerprint density at radius 1 is 1.22 bits per heavy atom. The Kier molecular flexibility index (Phi) is 6.72. The van der Waals surface area contributed by atoms with Crippen molar-refractivity contribution in [3.05, 3.63) is 0 Å². The summed E-state index contributed by atoms with van der Waals surface area (Å²) in [7, 11) is 0. The van der Waals surface area contributed by atoms with Crippen LogP contribution in [0.2, 0.25) is 0 Å². The number of rotatable bonds is 6. The van der Waals surface area contributed by atoms with Crippen LogP contribution < -0.4 is 5.32 Å². The quantitative estimate of drug-likeness (QED) is 0.769. The number of hydrogen-bond acceptors (Lipinski definition) is 3.